The van der Waals surface area contributed by atoms with Gasteiger partial charge in [0.05, 0.1) is 10.6 Å². The quantitative estimate of drug-likeness (QED) is 0.756. The van der Waals surface area contributed by atoms with Crippen molar-refractivity contribution in [1.29, 1.82) is 0 Å². The Morgan fingerprint density at radius 2 is 2.13 bits per heavy atom. The summed E-state index contributed by atoms with van der Waals surface area (Å²) in [5, 5.41) is 9.32. The monoisotopic (exact) mass is 359 g/mol. The van der Waals surface area contributed by atoms with E-state index < -0.39 is 0 Å². The largest absolute Gasteiger partial charge is 0.348 e. The van der Waals surface area contributed by atoms with E-state index in [4.69, 9.17) is 11.6 Å². The summed E-state index contributed by atoms with van der Waals surface area (Å²) in [5.74, 6) is 0.00673. The number of hydrogen-bond acceptors (Lipinski definition) is 3. The molecule has 2 amide bonds. The van der Waals surface area contributed by atoms with Crippen LogP contribution in [-0.2, 0) is 4.79 Å². The minimum Gasteiger partial charge on any atom is -0.348 e. The van der Waals surface area contributed by atoms with Gasteiger partial charge < -0.3 is 16.0 Å². The van der Waals surface area contributed by atoms with E-state index in [1.54, 1.807) is 18.2 Å². The number of carbonyl (C=O) groups excluding carboxylic acids is 2. The number of nitrogens with one attached hydrogen (secondary N) is 3. The zero-order chi connectivity index (χ0) is 16.1. The molecule has 1 aliphatic heterocycles. The summed E-state index contributed by atoms with van der Waals surface area (Å²) in [6.45, 7) is 5.64. The van der Waals surface area contributed by atoms with Crippen LogP contribution in [0.2, 0.25) is 5.02 Å². The highest BCUT2D eigenvalue weighted by molar-refractivity contribution is 6.34. The molecule has 0 saturated carbocycles. The Bertz CT molecular complexity index is 558. The van der Waals surface area contributed by atoms with Gasteiger partial charge in [0.1, 0.15) is 0 Å². The van der Waals surface area contributed by atoms with Crippen molar-refractivity contribution in [1.82, 2.24) is 10.6 Å². The van der Waals surface area contributed by atoms with Gasteiger partial charge in [-0.3, -0.25) is 9.59 Å². The Balaban J connectivity index is 0.00000264. The highest BCUT2D eigenvalue weighted by atomic mass is 35.5. The Morgan fingerprint density at radius 1 is 1.39 bits per heavy atom. The third-order valence-corrected chi connectivity index (χ3v) is 3.81. The number of benzene rings is 1. The number of amides is 2. The maximum absolute atomic E-state index is 12.3. The van der Waals surface area contributed by atoms with Crippen molar-refractivity contribution in [2.45, 2.75) is 32.7 Å². The van der Waals surface area contributed by atoms with Crippen LogP contribution in [0, 0.1) is 5.92 Å². The fourth-order valence-corrected chi connectivity index (χ4v) is 2.60. The predicted molar refractivity (Wildman–Crippen MR) is 95.5 cm³/mol. The van der Waals surface area contributed by atoms with Crippen molar-refractivity contribution in [3.63, 3.8) is 0 Å². The van der Waals surface area contributed by atoms with Crippen molar-refractivity contribution < 1.29 is 9.59 Å². The van der Waals surface area contributed by atoms with E-state index in [1.807, 2.05) is 13.8 Å². The first-order valence-electron chi connectivity index (χ1n) is 7.56. The molecule has 1 atom stereocenters. The molecule has 0 aliphatic carbocycles. The molecule has 0 spiro atoms. The Kier molecular flexibility index (Phi) is 7.82. The maximum atomic E-state index is 12.3. The second kappa shape index (κ2) is 9.11. The van der Waals surface area contributed by atoms with Crippen LogP contribution < -0.4 is 16.0 Å². The molecular weight excluding hydrogens is 337 g/mol. The highest BCUT2D eigenvalue weighted by Gasteiger charge is 2.19. The molecule has 1 fully saturated rings. The van der Waals surface area contributed by atoms with Gasteiger partial charge in [0, 0.05) is 24.7 Å². The molecule has 0 bridgehead atoms. The van der Waals surface area contributed by atoms with E-state index in [1.165, 1.54) is 0 Å². The van der Waals surface area contributed by atoms with Gasteiger partial charge in [-0.15, -0.1) is 12.4 Å². The fourth-order valence-electron chi connectivity index (χ4n) is 2.40. The topological polar surface area (TPSA) is 70.2 Å². The average molecular weight is 360 g/mol. The average Bonchev–Trinajstić information content (AvgIpc) is 2.92. The van der Waals surface area contributed by atoms with E-state index in [0.29, 0.717) is 22.7 Å². The lowest BCUT2D eigenvalue weighted by atomic mass is 10.1. The number of anilines is 1. The molecule has 23 heavy (non-hydrogen) atoms. The molecule has 1 heterocycles. The van der Waals surface area contributed by atoms with Crippen LogP contribution >= 0.6 is 24.0 Å². The van der Waals surface area contributed by atoms with Gasteiger partial charge in [-0.25, -0.2) is 0 Å². The Morgan fingerprint density at radius 3 is 2.74 bits per heavy atom. The van der Waals surface area contributed by atoms with Crippen LogP contribution in [0.3, 0.4) is 0 Å². The second-order valence-corrected chi connectivity index (χ2v) is 6.41. The van der Waals surface area contributed by atoms with Crippen molar-refractivity contribution in [2.24, 2.45) is 5.92 Å². The Labute approximate surface area is 148 Å². The summed E-state index contributed by atoms with van der Waals surface area (Å²) in [5.41, 5.74) is 0.973. The van der Waals surface area contributed by atoms with Crippen molar-refractivity contribution in [2.75, 3.05) is 18.4 Å². The first-order chi connectivity index (χ1) is 10.5. The molecule has 1 aliphatic rings. The molecule has 1 aromatic rings. The summed E-state index contributed by atoms with van der Waals surface area (Å²) in [4.78, 5) is 24.1. The summed E-state index contributed by atoms with van der Waals surface area (Å²) in [6.07, 6.45) is 1.35. The first kappa shape index (κ1) is 19.7. The highest BCUT2D eigenvalue weighted by Crippen LogP contribution is 2.21. The van der Waals surface area contributed by atoms with E-state index in [0.717, 1.165) is 19.5 Å². The lowest BCUT2D eigenvalue weighted by molar-refractivity contribution is -0.116. The van der Waals surface area contributed by atoms with E-state index in [2.05, 4.69) is 16.0 Å². The van der Waals surface area contributed by atoms with Gasteiger partial charge in [0.15, 0.2) is 0 Å². The molecule has 7 heteroatoms. The van der Waals surface area contributed by atoms with Crippen LogP contribution in [-0.4, -0.2) is 30.9 Å². The van der Waals surface area contributed by atoms with Gasteiger partial charge in [-0.05, 0) is 37.1 Å². The lowest BCUT2D eigenvalue weighted by Gasteiger charge is -2.13. The fraction of sp³-hybridized carbons (Fsp3) is 0.500. The van der Waals surface area contributed by atoms with Gasteiger partial charge in [-0.1, -0.05) is 25.4 Å². The van der Waals surface area contributed by atoms with Gasteiger partial charge in [0.2, 0.25) is 5.91 Å². The maximum Gasteiger partial charge on any atom is 0.253 e. The van der Waals surface area contributed by atoms with E-state index in [9.17, 15) is 9.59 Å². The molecule has 1 unspecified atom stereocenters. The summed E-state index contributed by atoms with van der Waals surface area (Å²) in [7, 11) is 0. The second-order valence-electron chi connectivity index (χ2n) is 6.00. The summed E-state index contributed by atoms with van der Waals surface area (Å²) in [6, 6.07) is 5.09. The van der Waals surface area contributed by atoms with Crippen LogP contribution in [0.25, 0.3) is 0 Å². The van der Waals surface area contributed by atoms with E-state index >= 15 is 0 Å². The zero-order valence-electron chi connectivity index (χ0n) is 13.3. The third kappa shape index (κ3) is 6.01. The third-order valence-electron chi connectivity index (χ3n) is 3.48. The molecule has 0 radical (unpaired) electrons. The van der Waals surface area contributed by atoms with Crippen molar-refractivity contribution >= 4 is 41.5 Å². The van der Waals surface area contributed by atoms with Crippen molar-refractivity contribution in [3.05, 3.63) is 28.8 Å². The minimum atomic E-state index is -0.210. The molecule has 5 nitrogen and oxygen atoms in total. The number of halogens is 2. The predicted octanol–water partition coefficient (Wildman–Crippen LogP) is 2.84. The number of rotatable bonds is 5. The minimum absolute atomic E-state index is 0. The molecule has 128 valence electrons. The molecule has 3 N–H and O–H groups in total. The molecule has 0 aromatic heterocycles. The first-order valence-corrected chi connectivity index (χ1v) is 7.94. The van der Waals surface area contributed by atoms with Gasteiger partial charge in [0.25, 0.3) is 5.91 Å². The number of carbonyl (C=O) groups is 2. The summed E-state index contributed by atoms with van der Waals surface area (Å²) >= 11 is 6.11. The molecule has 1 saturated heterocycles. The lowest BCUT2D eigenvalue weighted by Crippen LogP contribution is -2.36. The van der Waals surface area contributed by atoms with Crippen LogP contribution in [0.1, 0.15) is 37.0 Å². The normalized spacial score (nSPS) is 16.8. The molecule has 1 aromatic carbocycles. The van der Waals surface area contributed by atoms with Gasteiger partial charge >= 0.3 is 0 Å². The summed E-state index contributed by atoms with van der Waals surface area (Å²) < 4.78 is 0. The smallest absolute Gasteiger partial charge is 0.253 e. The van der Waals surface area contributed by atoms with Crippen LogP contribution in [0.15, 0.2) is 18.2 Å². The standard InChI is InChI=1S/C16H22ClN3O2.ClH/c1-10(2)7-15(21)19-11-3-4-14(17)13(8-11)16(22)20-12-5-6-18-9-12;/h3-4,8,10,12,18H,5-7,9H2,1-2H3,(H,19,21)(H,20,22);1H. The van der Waals surface area contributed by atoms with E-state index in [-0.39, 0.29) is 36.2 Å². The van der Waals surface area contributed by atoms with Crippen LogP contribution in [0.5, 0.6) is 0 Å². The number of hydrogen-bond donors (Lipinski definition) is 3. The van der Waals surface area contributed by atoms with Crippen molar-refractivity contribution in [3.8, 4) is 0 Å². The van der Waals surface area contributed by atoms with Crippen LogP contribution in [0.4, 0.5) is 5.69 Å². The Hall–Kier alpha value is -1.30. The zero-order valence-corrected chi connectivity index (χ0v) is 14.9. The SMILES string of the molecule is CC(C)CC(=O)Nc1ccc(Cl)c(C(=O)NC2CCNC2)c1.Cl. The van der Waals surface area contributed by atoms with Gasteiger partial charge in [-0.2, -0.15) is 0 Å². The molecular formula is C16H23Cl2N3O2. The molecule has 2 rings (SSSR count).